The minimum absolute atomic E-state index is 0.180. The molecule has 0 saturated carbocycles. The van der Waals surface area contributed by atoms with E-state index in [9.17, 15) is 14.4 Å². The van der Waals surface area contributed by atoms with E-state index >= 15 is 0 Å². The van der Waals surface area contributed by atoms with Crippen molar-refractivity contribution in [3.63, 3.8) is 0 Å². The molecule has 0 aromatic heterocycles. The Morgan fingerprint density at radius 2 is 1.49 bits per heavy atom. The lowest BCUT2D eigenvalue weighted by atomic mass is 9.89. The molecule has 0 N–H and O–H groups in total. The lowest BCUT2D eigenvalue weighted by Gasteiger charge is -2.44. The lowest BCUT2D eigenvalue weighted by molar-refractivity contribution is -0.253. The van der Waals surface area contributed by atoms with Crippen molar-refractivity contribution in [1.82, 2.24) is 0 Å². The van der Waals surface area contributed by atoms with Gasteiger partial charge in [-0.05, 0) is 41.2 Å². The van der Waals surface area contributed by atoms with Crippen LogP contribution in [0.25, 0.3) is 0 Å². The molecule has 5 atom stereocenters. The number of methoxy groups -OCH3 is 1. The number of hydrogen-bond donors (Lipinski definition) is 0. The summed E-state index contributed by atoms with van der Waals surface area (Å²) in [5.41, 5.74) is 3.89. The molecule has 0 spiro atoms. The Labute approximate surface area is 222 Å². The van der Waals surface area contributed by atoms with E-state index in [1.165, 1.54) is 33.4 Å². The largest absolute Gasteiger partial charge is 0.463 e. The highest BCUT2D eigenvalue weighted by Gasteiger charge is 2.51. The number of benzene rings is 2. The number of rotatable bonds is 9. The van der Waals surface area contributed by atoms with Crippen molar-refractivity contribution in [3.05, 3.63) is 69.7 Å². The van der Waals surface area contributed by atoms with Crippen LogP contribution < -0.4 is 0 Å². The summed E-state index contributed by atoms with van der Waals surface area (Å²) in [4.78, 5) is 35.5. The van der Waals surface area contributed by atoms with Crippen LogP contribution in [0.15, 0.2) is 42.5 Å². The summed E-state index contributed by atoms with van der Waals surface area (Å²) in [6.45, 7) is 5.73. The van der Waals surface area contributed by atoms with E-state index in [2.05, 4.69) is 31.2 Å². The quantitative estimate of drug-likeness (QED) is 0.347. The summed E-state index contributed by atoms with van der Waals surface area (Å²) in [5, 5.41) is 0.584. The van der Waals surface area contributed by atoms with Crippen molar-refractivity contribution < 1.29 is 38.1 Å². The molecule has 1 heterocycles. The van der Waals surface area contributed by atoms with Crippen LogP contribution in [0.5, 0.6) is 0 Å². The lowest BCUT2D eigenvalue weighted by Crippen LogP contribution is -2.59. The van der Waals surface area contributed by atoms with Crippen LogP contribution >= 0.6 is 11.6 Å². The molecule has 5 unspecified atom stereocenters. The minimum atomic E-state index is -0.980. The average Bonchev–Trinajstić information content (AvgIpc) is 2.85. The first-order chi connectivity index (χ1) is 17.6. The summed E-state index contributed by atoms with van der Waals surface area (Å²) in [6.07, 6.45) is -2.94. The predicted octanol–water partition coefficient (Wildman–Crippen LogP) is 4.37. The molecule has 0 bridgehead atoms. The van der Waals surface area contributed by atoms with Crippen molar-refractivity contribution in [1.29, 1.82) is 0 Å². The van der Waals surface area contributed by atoms with Gasteiger partial charge in [-0.1, -0.05) is 54.9 Å². The topological polar surface area (TPSA) is 97.4 Å². The zero-order chi connectivity index (χ0) is 27.1. The molecular formula is C28H33ClO8. The van der Waals surface area contributed by atoms with Gasteiger partial charge in [0.1, 0.15) is 24.9 Å². The van der Waals surface area contributed by atoms with Crippen molar-refractivity contribution in [2.45, 2.75) is 71.1 Å². The summed E-state index contributed by atoms with van der Waals surface area (Å²) in [7, 11) is 1.43. The zero-order valence-electron chi connectivity index (χ0n) is 21.7. The third-order valence-corrected chi connectivity index (χ3v) is 6.55. The number of hydrogen-bond acceptors (Lipinski definition) is 8. The molecule has 37 heavy (non-hydrogen) atoms. The van der Waals surface area contributed by atoms with E-state index in [1.54, 1.807) is 12.1 Å². The Bertz CT molecular complexity index is 1100. The van der Waals surface area contributed by atoms with Crippen molar-refractivity contribution in [2.24, 2.45) is 0 Å². The highest BCUT2D eigenvalue weighted by Crippen LogP contribution is 2.38. The first kappa shape index (κ1) is 28.6. The molecule has 1 aliphatic heterocycles. The molecule has 200 valence electrons. The molecule has 0 radical (unpaired) electrons. The Balaban J connectivity index is 1.99. The van der Waals surface area contributed by atoms with Crippen molar-refractivity contribution >= 4 is 29.5 Å². The SMILES string of the molecule is CCc1ccc(Cc2cc(C3OC(COC(C)=O)C(OC(C)=O)C(OC)C3OC(C)=O)ccc2Cl)cc1. The zero-order valence-corrected chi connectivity index (χ0v) is 22.4. The van der Waals surface area contributed by atoms with Crippen molar-refractivity contribution in [3.8, 4) is 0 Å². The van der Waals surface area contributed by atoms with Gasteiger partial charge in [-0.25, -0.2) is 0 Å². The van der Waals surface area contributed by atoms with Crippen LogP contribution in [0.1, 0.15) is 56.1 Å². The molecular weight excluding hydrogens is 500 g/mol. The smallest absolute Gasteiger partial charge is 0.303 e. The molecule has 9 heteroatoms. The maximum absolute atomic E-state index is 12.1. The Morgan fingerprint density at radius 3 is 2.05 bits per heavy atom. The van der Waals surface area contributed by atoms with Crippen LogP contribution in [0, 0.1) is 0 Å². The highest BCUT2D eigenvalue weighted by atomic mass is 35.5. The maximum atomic E-state index is 12.1. The summed E-state index contributed by atoms with van der Waals surface area (Å²) in [6, 6.07) is 13.8. The number of carbonyl (C=O) groups excluding carboxylic acids is 3. The molecule has 1 saturated heterocycles. The van der Waals surface area contributed by atoms with E-state index in [0.29, 0.717) is 17.0 Å². The number of carbonyl (C=O) groups is 3. The fraction of sp³-hybridized carbons (Fsp3) is 0.464. The molecule has 1 fully saturated rings. The summed E-state index contributed by atoms with van der Waals surface area (Å²) >= 11 is 6.55. The molecule has 2 aromatic rings. The standard InChI is InChI=1S/C28H33ClO8/c1-6-19-7-9-20(10-8-19)13-22-14-21(11-12-23(22)29)25-28(36-18(4)32)27(33-5)26(35-17(3)31)24(37-25)15-34-16(2)30/h7-12,14,24-28H,6,13,15H2,1-5H3. The second kappa shape index (κ2) is 13.0. The first-order valence-electron chi connectivity index (χ1n) is 12.1. The van der Waals surface area contributed by atoms with Crippen LogP contribution in [0.2, 0.25) is 5.02 Å². The average molecular weight is 533 g/mol. The van der Waals surface area contributed by atoms with Gasteiger partial charge < -0.3 is 23.7 Å². The first-order valence-corrected chi connectivity index (χ1v) is 12.5. The number of halogens is 1. The van der Waals surface area contributed by atoms with E-state index in [4.69, 9.17) is 35.3 Å². The van der Waals surface area contributed by atoms with E-state index < -0.39 is 48.4 Å². The van der Waals surface area contributed by atoms with Gasteiger partial charge in [-0.15, -0.1) is 0 Å². The fourth-order valence-electron chi connectivity index (χ4n) is 4.46. The number of esters is 3. The third kappa shape index (κ3) is 7.53. The molecule has 1 aliphatic rings. The fourth-order valence-corrected chi connectivity index (χ4v) is 4.64. The normalized spacial score (nSPS) is 23.2. The highest BCUT2D eigenvalue weighted by molar-refractivity contribution is 6.31. The Morgan fingerprint density at radius 1 is 0.865 bits per heavy atom. The Kier molecular flexibility index (Phi) is 10.1. The molecule has 0 amide bonds. The van der Waals surface area contributed by atoms with E-state index in [-0.39, 0.29) is 6.61 Å². The predicted molar refractivity (Wildman–Crippen MR) is 136 cm³/mol. The van der Waals surface area contributed by atoms with Gasteiger partial charge >= 0.3 is 17.9 Å². The minimum Gasteiger partial charge on any atom is -0.463 e. The van der Waals surface area contributed by atoms with Crippen molar-refractivity contribution in [2.75, 3.05) is 13.7 Å². The number of ether oxygens (including phenoxy) is 5. The van der Waals surface area contributed by atoms with Crippen LogP contribution in [0.3, 0.4) is 0 Å². The summed E-state index contributed by atoms with van der Waals surface area (Å²) in [5.74, 6) is -1.64. The molecule has 3 rings (SSSR count). The van der Waals surface area contributed by atoms with Gasteiger partial charge in [0.15, 0.2) is 12.2 Å². The monoisotopic (exact) mass is 532 g/mol. The number of aryl methyl sites for hydroxylation is 1. The van der Waals surface area contributed by atoms with Gasteiger partial charge in [0.05, 0.1) is 0 Å². The van der Waals surface area contributed by atoms with Crippen LogP contribution in [-0.4, -0.2) is 56.0 Å². The second-order valence-corrected chi connectivity index (χ2v) is 9.35. The van der Waals surface area contributed by atoms with Gasteiger partial charge in [0, 0.05) is 32.9 Å². The molecule has 8 nitrogen and oxygen atoms in total. The maximum Gasteiger partial charge on any atom is 0.303 e. The van der Waals surface area contributed by atoms with Gasteiger partial charge in [0.25, 0.3) is 0 Å². The van der Waals surface area contributed by atoms with E-state index in [1.807, 2.05) is 6.07 Å². The van der Waals surface area contributed by atoms with Crippen LogP contribution in [0.4, 0.5) is 0 Å². The van der Waals surface area contributed by atoms with Gasteiger partial charge in [-0.2, -0.15) is 0 Å². The third-order valence-electron chi connectivity index (χ3n) is 6.19. The summed E-state index contributed by atoms with van der Waals surface area (Å²) < 4.78 is 28.3. The second-order valence-electron chi connectivity index (χ2n) is 8.94. The van der Waals surface area contributed by atoms with Gasteiger partial charge in [-0.3, -0.25) is 14.4 Å². The molecule has 2 aromatic carbocycles. The van der Waals surface area contributed by atoms with E-state index in [0.717, 1.165) is 17.5 Å². The molecule has 0 aliphatic carbocycles. The Hall–Kier alpha value is -2.94. The van der Waals surface area contributed by atoms with Crippen LogP contribution in [-0.2, 0) is 50.9 Å². The van der Waals surface area contributed by atoms with Gasteiger partial charge in [0.2, 0.25) is 0 Å².